The molecule has 0 fully saturated rings. The second kappa shape index (κ2) is 6.02. The molecule has 0 aliphatic carbocycles. The first-order valence-corrected chi connectivity index (χ1v) is 5.10. The number of ether oxygens (including phenoxy) is 1. The van der Waals surface area contributed by atoms with E-state index in [1.807, 2.05) is 0 Å². The summed E-state index contributed by atoms with van der Waals surface area (Å²) >= 11 is 5.59. The van der Waals surface area contributed by atoms with Crippen LogP contribution in [0.2, 0.25) is 5.02 Å². The molecule has 1 amide bonds. The third kappa shape index (κ3) is 3.46. The van der Waals surface area contributed by atoms with Gasteiger partial charge in [0.05, 0.1) is 5.02 Å². The quantitative estimate of drug-likeness (QED) is 0.827. The van der Waals surface area contributed by atoms with Crippen molar-refractivity contribution >= 4 is 29.4 Å². The average Bonchev–Trinajstić information content (AvgIpc) is 2.24. The Kier molecular flexibility index (Phi) is 4.67. The number of carboxylic acid groups (broad SMARTS) is 1. The Morgan fingerprint density at radius 3 is 2.72 bits per heavy atom. The summed E-state index contributed by atoms with van der Waals surface area (Å²) in [6.07, 6.45) is 0.536. The van der Waals surface area contributed by atoms with Gasteiger partial charge in [0.15, 0.2) is 0 Å². The summed E-state index contributed by atoms with van der Waals surface area (Å²) in [5, 5.41) is 10.6. The molecule has 0 aliphatic rings. The van der Waals surface area contributed by atoms with Crippen LogP contribution in [0.5, 0.6) is 0 Å². The summed E-state index contributed by atoms with van der Waals surface area (Å²) in [5.74, 6) is -2.53. The highest BCUT2D eigenvalue weighted by Gasteiger charge is 2.17. The van der Waals surface area contributed by atoms with Crippen LogP contribution in [0.1, 0.15) is 10.4 Å². The molecule has 96 valence electrons. The highest BCUT2D eigenvalue weighted by Crippen LogP contribution is 2.24. The van der Waals surface area contributed by atoms with Crippen molar-refractivity contribution in [2.45, 2.75) is 0 Å². The van der Waals surface area contributed by atoms with E-state index in [-0.39, 0.29) is 17.3 Å². The molecule has 18 heavy (non-hydrogen) atoms. The van der Waals surface area contributed by atoms with Gasteiger partial charge in [-0.3, -0.25) is 5.32 Å². The standard InChI is InChI=1S/C11H9ClFNO4/c1-2-3-18-11(17)14-6-4-7(12)9(10(15)16)8(13)5-6/h2,4-5H,1,3H2,(H,14,17)(H,15,16). The number of rotatable bonds is 4. The monoisotopic (exact) mass is 273 g/mol. The Balaban J connectivity index is 2.90. The maximum absolute atomic E-state index is 13.4. The number of aromatic carboxylic acids is 1. The van der Waals surface area contributed by atoms with Crippen molar-refractivity contribution in [2.75, 3.05) is 11.9 Å². The smallest absolute Gasteiger partial charge is 0.411 e. The lowest BCUT2D eigenvalue weighted by Crippen LogP contribution is -2.14. The van der Waals surface area contributed by atoms with Crippen LogP contribution in [0.3, 0.4) is 0 Å². The molecule has 0 heterocycles. The van der Waals surface area contributed by atoms with Gasteiger partial charge in [-0.1, -0.05) is 24.3 Å². The maximum Gasteiger partial charge on any atom is 0.411 e. The van der Waals surface area contributed by atoms with E-state index in [1.54, 1.807) is 0 Å². The van der Waals surface area contributed by atoms with Gasteiger partial charge in [0.1, 0.15) is 18.0 Å². The van der Waals surface area contributed by atoms with E-state index in [1.165, 1.54) is 6.08 Å². The summed E-state index contributed by atoms with van der Waals surface area (Å²) in [5.41, 5.74) is -0.654. The van der Waals surface area contributed by atoms with E-state index in [4.69, 9.17) is 16.7 Å². The first kappa shape index (κ1) is 14.0. The van der Waals surface area contributed by atoms with Crippen LogP contribution >= 0.6 is 11.6 Å². The number of carboxylic acids is 1. The minimum absolute atomic E-state index is 0.00318. The van der Waals surface area contributed by atoms with Crippen molar-refractivity contribution in [2.24, 2.45) is 0 Å². The molecule has 0 aromatic heterocycles. The van der Waals surface area contributed by atoms with Crippen LogP contribution in [0.25, 0.3) is 0 Å². The van der Waals surface area contributed by atoms with Crippen molar-refractivity contribution in [3.8, 4) is 0 Å². The van der Waals surface area contributed by atoms with E-state index >= 15 is 0 Å². The molecule has 1 aromatic carbocycles. The number of hydrogen-bond acceptors (Lipinski definition) is 3. The number of carbonyl (C=O) groups is 2. The molecule has 0 radical (unpaired) electrons. The summed E-state index contributed by atoms with van der Waals surface area (Å²) in [6, 6.07) is 1.95. The van der Waals surface area contributed by atoms with Crippen LogP contribution in [-0.2, 0) is 4.74 Å². The molecule has 2 N–H and O–H groups in total. The Morgan fingerprint density at radius 2 is 2.22 bits per heavy atom. The zero-order valence-electron chi connectivity index (χ0n) is 9.07. The molecule has 0 aliphatic heterocycles. The van der Waals surface area contributed by atoms with Crippen molar-refractivity contribution in [3.05, 3.63) is 41.2 Å². The topological polar surface area (TPSA) is 75.6 Å². The van der Waals surface area contributed by atoms with Crippen LogP contribution in [0.15, 0.2) is 24.8 Å². The highest BCUT2D eigenvalue weighted by atomic mass is 35.5. The molecule has 0 saturated carbocycles. The third-order valence-corrected chi connectivity index (χ3v) is 2.13. The fourth-order valence-corrected chi connectivity index (χ4v) is 1.43. The predicted octanol–water partition coefficient (Wildman–Crippen LogP) is 2.91. The van der Waals surface area contributed by atoms with Gasteiger partial charge >= 0.3 is 12.1 Å². The molecule has 7 heteroatoms. The minimum Gasteiger partial charge on any atom is -0.478 e. The van der Waals surface area contributed by atoms with Crippen molar-refractivity contribution < 1.29 is 23.8 Å². The van der Waals surface area contributed by atoms with Gasteiger partial charge in [-0.2, -0.15) is 0 Å². The predicted molar refractivity (Wildman–Crippen MR) is 63.5 cm³/mol. The second-order valence-electron chi connectivity index (χ2n) is 3.13. The second-order valence-corrected chi connectivity index (χ2v) is 3.54. The Morgan fingerprint density at radius 1 is 1.56 bits per heavy atom. The minimum atomic E-state index is -1.49. The van der Waals surface area contributed by atoms with Gasteiger partial charge in [-0.05, 0) is 12.1 Å². The Bertz CT molecular complexity index is 481. The van der Waals surface area contributed by atoms with Crippen LogP contribution < -0.4 is 5.32 Å². The lowest BCUT2D eigenvalue weighted by atomic mass is 10.2. The fourth-order valence-electron chi connectivity index (χ4n) is 1.14. The zero-order valence-corrected chi connectivity index (χ0v) is 9.83. The number of anilines is 1. The van der Waals surface area contributed by atoms with E-state index in [0.717, 1.165) is 12.1 Å². The van der Waals surface area contributed by atoms with E-state index in [2.05, 4.69) is 16.6 Å². The third-order valence-electron chi connectivity index (χ3n) is 1.83. The summed E-state index contributed by atoms with van der Waals surface area (Å²) in [6.45, 7) is 3.34. The van der Waals surface area contributed by atoms with Gasteiger partial charge in [0.2, 0.25) is 0 Å². The van der Waals surface area contributed by atoms with Gasteiger partial charge in [0, 0.05) is 5.69 Å². The SMILES string of the molecule is C=CCOC(=O)Nc1cc(F)c(C(=O)O)c(Cl)c1. The number of benzene rings is 1. The Hall–Kier alpha value is -2.08. The van der Waals surface area contributed by atoms with Crippen molar-refractivity contribution in [3.63, 3.8) is 0 Å². The Labute approximate surface area is 107 Å². The molecule has 0 spiro atoms. The summed E-state index contributed by atoms with van der Waals surface area (Å²) < 4.78 is 18.0. The van der Waals surface area contributed by atoms with Gasteiger partial charge in [-0.15, -0.1) is 0 Å². The van der Waals surface area contributed by atoms with Crippen LogP contribution in [-0.4, -0.2) is 23.8 Å². The first-order chi connectivity index (χ1) is 8.45. The molecule has 0 unspecified atom stereocenters. The lowest BCUT2D eigenvalue weighted by molar-refractivity contribution is 0.0692. The normalized spacial score (nSPS) is 9.67. The highest BCUT2D eigenvalue weighted by molar-refractivity contribution is 6.33. The van der Waals surface area contributed by atoms with Crippen LogP contribution in [0, 0.1) is 5.82 Å². The summed E-state index contributed by atoms with van der Waals surface area (Å²) in [4.78, 5) is 21.8. The molecular weight excluding hydrogens is 265 g/mol. The van der Waals surface area contributed by atoms with E-state index < -0.39 is 23.4 Å². The molecular formula is C11H9ClFNO4. The molecule has 1 aromatic rings. The zero-order chi connectivity index (χ0) is 13.7. The number of halogens is 2. The van der Waals surface area contributed by atoms with E-state index in [0.29, 0.717) is 0 Å². The molecule has 1 rings (SSSR count). The molecule has 0 saturated heterocycles. The largest absolute Gasteiger partial charge is 0.478 e. The van der Waals surface area contributed by atoms with Gasteiger partial charge in [0.25, 0.3) is 0 Å². The molecule has 0 atom stereocenters. The summed E-state index contributed by atoms with van der Waals surface area (Å²) in [7, 11) is 0. The van der Waals surface area contributed by atoms with E-state index in [9.17, 15) is 14.0 Å². The molecule has 0 bridgehead atoms. The number of carbonyl (C=O) groups excluding carboxylic acids is 1. The van der Waals surface area contributed by atoms with Crippen molar-refractivity contribution in [1.29, 1.82) is 0 Å². The first-order valence-electron chi connectivity index (χ1n) is 4.72. The number of hydrogen-bond donors (Lipinski definition) is 2. The number of amides is 1. The average molecular weight is 274 g/mol. The van der Waals surface area contributed by atoms with Gasteiger partial charge in [-0.25, -0.2) is 14.0 Å². The molecule has 5 nitrogen and oxygen atoms in total. The van der Waals surface area contributed by atoms with Crippen LogP contribution in [0.4, 0.5) is 14.9 Å². The van der Waals surface area contributed by atoms with Crippen molar-refractivity contribution in [1.82, 2.24) is 0 Å². The lowest BCUT2D eigenvalue weighted by Gasteiger charge is -2.07. The maximum atomic E-state index is 13.4. The van der Waals surface area contributed by atoms with Gasteiger partial charge < -0.3 is 9.84 Å². The number of nitrogens with one attached hydrogen (secondary N) is 1. The fraction of sp³-hybridized carbons (Fsp3) is 0.0909.